The maximum absolute atomic E-state index is 13.6. The molecule has 1 aromatic carbocycles. The van der Waals surface area contributed by atoms with E-state index in [-0.39, 0.29) is 5.91 Å². The second-order valence-electron chi connectivity index (χ2n) is 11.0. The molecule has 11 heteroatoms. The Labute approximate surface area is 239 Å². The number of pyridine rings is 1. The van der Waals surface area contributed by atoms with E-state index >= 15 is 0 Å². The normalized spacial score (nSPS) is 18.5. The zero-order valence-corrected chi connectivity index (χ0v) is 24.0. The highest BCUT2D eigenvalue weighted by Gasteiger charge is 2.21. The first-order chi connectivity index (χ1) is 19.9. The van der Waals surface area contributed by atoms with Crippen molar-refractivity contribution in [2.24, 2.45) is 13.0 Å². The first-order valence-electron chi connectivity index (χ1n) is 14.4. The van der Waals surface area contributed by atoms with Gasteiger partial charge in [0.15, 0.2) is 0 Å². The molecular weight excluding hydrogens is 520 g/mol. The number of amides is 1. The lowest BCUT2D eigenvalue weighted by atomic mass is 10.1. The van der Waals surface area contributed by atoms with Crippen molar-refractivity contribution in [2.45, 2.75) is 33.2 Å². The van der Waals surface area contributed by atoms with Gasteiger partial charge >= 0.3 is 0 Å². The molecule has 2 aliphatic heterocycles. The Morgan fingerprint density at radius 1 is 1.12 bits per heavy atom. The summed E-state index contributed by atoms with van der Waals surface area (Å²) < 4.78 is 15.5. The third-order valence-corrected chi connectivity index (χ3v) is 7.78. The number of morpholine rings is 1. The molecule has 0 radical (unpaired) electrons. The van der Waals surface area contributed by atoms with Crippen LogP contribution >= 0.6 is 0 Å². The fourth-order valence-corrected chi connectivity index (χ4v) is 5.59. The van der Waals surface area contributed by atoms with Gasteiger partial charge in [-0.1, -0.05) is 6.92 Å². The van der Waals surface area contributed by atoms with Gasteiger partial charge in [0.1, 0.15) is 0 Å². The molecule has 0 spiro atoms. The maximum atomic E-state index is 13.6. The van der Waals surface area contributed by atoms with Crippen molar-refractivity contribution >= 4 is 28.6 Å². The quantitative estimate of drug-likeness (QED) is 0.388. The van der Waals surface area contributed by atoms with Gasteiger partial charge in [-0.25, -0.2) is 9.67 Å². The highest BCUT2D eigenvalue weighted by molar-refractivity contribution is 6.05. The van der Waals surface area contributed by atoms with Crippen molar-refractivity contribution in [1.82, 2.24) is 29.2 Å². The number of ether oxygens (including phenoxy) is 2. The summed E-state index contributed by atoms with van der Waals surface area (Å²) in [6.45, 7) is 10.8. The van der Waals surface area contributed by atoms with E-state index in [4.69, 9.17) is 14.5 Å². The van der Waals surface area contributed by atoms with Gasteiger partial charge in [0, 0.05) is 56.7 Å². The van der Waals surface area contributed by atoms with Gasteiger partial charge in [0.2, 0.25) is 11.8 Å². The second kappa shape index (κ2) is 11.9. The number of hydrogen-bond acceptors (Lipinski definition) is 8. The average Bonchev–Trinajstić information content (AvgIpc) is 3.49. The number of carbonyl (C=O) groups excluding carboxylic acids is 1. The first-order valence-corrected chi connectivity index (χ1v) is 14.4. The molecule has 0 saturated carbocycles. The van der Waals surface area contributed by atoms with E-state index in [1.807, 2.05) is 14.0 Å². The van der Waals surface area contributed by atoms with Crippen LogP contribution in [0.25, 0.3) is 22.3 Å². The second-order valence-corrected chi connectivity index (χ2v) is 11.0. The molecule has 1 fully saturated rings. The Morgan fingerprint density at radius 2 is 1.98 bits per heavy atom. The van der Waals surface area contributed by atoms with Crippen LogP contribution < -0.4 is 15.4 Å². The molecule has 6 rings (SSSR count). The molecule has 1 atom stereocenters. The minimum atomic E-state index is -0.231. The van der Waals surface area contributed by atoms with Gasteiger partial charge in [-0.15, -0.1) is 0 Å². The van der Waals surface area contributed by atoms with Crippen molar-refractivity contribution in [3.63, 3.8) is 0 Å². The van der Waals surface area contributed by atoms with E-state index < -0.39 is 0 Å². The molecule has 0 aliphatic carbocycles. The summed E-state index contributed by atoms with van der Waals surface area (Å²) in [5.41, 5.74) is 5.53. The topological polar surface area (TPSA) is 111 Å². The van der Waals surface area contributed by atoms with E-state index in [2.05, 4.69) is 55.3 Å². The number of aryl methyl sites for hydroxylation is 2. The molecule has 1 saturated heterocycles. The highest BCUT2D eigenvalue weighted by Crippen LogP contribution is 2.31. The van der Waals surface area contributed by atoms with Crippen LogP contribution in [0.5, 0.6) is 5.88 Å². The summed E-state index contributed by atoms with van der Waals surface area (Å²) in [7, 11) is 1.86. The maximum Gasteiger partial charge on any atom is 0.258 e. The summed E-state index contributed by atoms with van der Waals surface area (Å²) in [4.78, 5) is 25.6. The number of aromatic nitrogens is 5. The number of fused-ring (bicyclic) bond motifs is 7. The number of carbonyl (C=O) groups is 1. The standard InChI is InChI=1S/C30H38N8O3/c1-20-5-4-12-41-29-24(18-32-36(29)3)25-16-22(15-21(2)33-25)28(39)35-30-34-26-17-23(6-7-27(26)38(30)19-20)31-8-9-37-10-13-40-14-11-37/h6-7,15-18,20,31H,4-5,8-14,19H2,1-3H3,(H,34,35,39)/t20-/m1/s1. The summed E-state index contributed by atoms with van der Waals surface area (Å²) in [5.74, 6) is 1.32. The lowest BCUT2D eigenvalue weighted by Gasteiger charge is -2.26. The third kappa shape index (κ3) is 6.06. The molecule has 216 valence electrons. The minimum absolute atomic E-state index is 0.231. The Morgan fingerprint density at radius 3 is 2.83 bits per heavy atom. The van der Waals surface area contributed by atoms with Crippen molar-refractivity contribution in [1.29, 1.82) is 0 Å². The molecule has 2 aliphatic rings. The number of imidazole rings is 1. The molecule has 2 N–H and O–H groups in total. The molecule has 11 nitrogen and oxygen atoms in total. The third-order valence-electron chi connectivity index (χ3n) is 7.78. The summed E-state index contributed by atoms with van der Waals surface area (Å²) >= 11 is 0. The molecule has 1 amide bonds. The van der Waals surface area contributed by atoms with Gasteiger partial charge in [0.05, 0.1) is 48.3 Å². The summed E-state index contributed by atoms with van der Waals surface area (Å²) in [5, 5.41) is 11.0. The van der Waals surface area contributed by atoms with Crippen molar-refractivity contribution in [2.75, 3.05) is 56.6 Å². The van der Waals surface area contributed by atoms with Crippen LogP contribution in [0.15, 0.2) is 36.5 Å². The van der Waals surface area contributed by atoms with Crippen LogP contribution in [0.3, 0.4) is 0 Å². The molecule has 0 unspecified atom stereocenters. The predicted molar refractivity (Wildman–Crippen MR) is 159 cm³/mol. The Bertz CT molecular complexity index is 1540. The largest absolute Gasteiger partial charge is 0.477 e. The number of rotatable bonds is 4. The highest BCUT2D eigenvalue weighted by atomic mass is 16.5. The summed E-state index contributed by atoms with van der Waals surface area (Å²) in [6, 6.07) is 9.84. The van der Waals surface area contributed by atoms with E-state index in [9.17, 15) is 4.79 Å². The monoisotopic (exact) mass is 558 g/mol. The Balaban J connectivity index is 1.30. The van der Waals surface area contributed by atoms with Crippen LogP contribution in [0, 0.1) is 12.8 Å². The number of anilines is 2. The van der Waals surface area contributed by atoms with Crippen LogP contribution in [0.1, 0.15) is 35.8 Å². The minimum Gasteiger partial charge on any atom is -0.477 e. The zero-order chi connectivity index (χ0) is 28.3. The van der Waals surface area contributed by atoms with Gasteiger partial charge < -0.3 is 19.4 Å². The number of benzene rings is 1. The van der Waals surface area contributed by atoms with E-state index in [0.717, 1.165) is 86.8 Å². The van der Waals surface area contributed by atoms with Gasteiger partial charge in [-0.3, -0.25) is 20.0 Å². The fourth-order valence-electron chi connectivity index (χ4n) is 5.59. The first kappa shape index (κ1) is 27.2. The predicted octanol–water partition coefficient (Wildman–Crippen LogP) is 3.95. The lowest BCUT2D eigenvalue weighted by Crippen LogP contribution is -2.38. The zero-order valence-electron chi connectivity index (χ0n) is 24.0. The van der Waals surface area contributed by atoms with Crippen molar-refractivity contribution in [3.8, 4) is 17.1 Å². The lowest BCUT2D eigenvalue weighted by molar-refractivity contribution is 0.0398. The van der Waals surface area contributed by atoms with Crippen LogP contribution in [0.2, 0.25) is 0 Å². The molecule has 2 bridgehead atoms. The molecule has 41 heavy (non-hydrogen) atoms. The van der Waals surface area contributed by atoms with Crippen LogP contribution in [-0.2, 0) is 18.3 Å². The fraction of sp³-hybridized carbons (Fsp3) is 0.467. The van der Waals surface area contributed by atoms with Crippen molar-refractivity contribution < 1.29 is 14.3 Å². The van der Waals surface area contributed by atoms with Gasteiger partial charge in [0.25, 0.3) is 5.91 Å². The SMILES string of the molecule is Cc1cc2cc(n1)-c1cnn(C)c1OCCC[C@@H](C)Cn1c(nc3cc(NCCN4CCOCC4)ccc31)NC2=O. The van der Waals surface area contributed by atoms with Gasteiger partial charge in [-0.05, 0) is 56.0 Å². The van der Waals surface area contributed by atoms with Crippen LogP contribution in [0.4, 0.5) is 11.6 Å². The molecule has 3 aromatic heterocycles. The van der Waals surface area contributed by atoms with E-state index in [0.29, 0.717) is 35.6 Å². The molecule has 5 heterocycles. The number of nitrogens with zero attached hydrogens (tertiary/aromatic N) is 6. The van der Waals surface area contributed by atoms with E-state index in [1.54, 1.807) is 23.0 Å². The van der Waals surface area contributed by atoms with Crippen molar-refractivity contribution in [3.05, 3.63) is 47.8 Å². The molecule has 4 aromatic rings. The Hall–Kier alpha value is -3.96. The number of hydrogen-bond donors (Lipinski definition) is 2. The van der Waals surface area contributed by atoms with Crippen LogP contribution in [-0.4, -0.2) is 81.1 Å². The van der Waals surface area contributed by atoms with Gasteiger partial charge in [-0.2, -0.15) is 5.10 Å². The number of nitrogens with one attached hydrogen (secondary N) is 2. The smallest absolute Gasteiger partial charge is 0.258 e. The van der Waals surface area contributed by atoms with E-state index in [1.165, 1.54) is 0 Å². The Kier molecular flexibility index (Phi) is 7.89. The molecular formula is C30H38N8O3. The average molecular weight is 559 g/mol. The summed E-state index contributed by atoms with van der Waals surface area (Å²) in [6.07, 6.45) is 3.60.